The molecule has 1 aliphatic heterocycles. The number of hydrogen-bond acceptors (Lipinski definition) is 5. The van der Waals surface area contributed by atoms with Crippen LogP contribution in [0.4, 0.5) is 5.88 Å². The van der Waals surface area contributed by atoms with Crippen molar-refractivity contribution < 1.29 is 9.31 Å². The number of thioether (sulfide) groups is 1. The van der Waals surface area contributed by atoms with E-state index in [1.54, 1.807) is 11.8 Å². The second-order valence-corrected chi connectivity index (χ2v) is 6.93. The summed E-state index contributed by atoms with van der Waals surface area (Å²) >= 11 is 1.75. The zero-order valence-electron chi connectivity index (χ0n) is 13.1. The van der Waals surface area contributed by atoms with Crippen molar-refractivity contribution in [3.8, 4) is 0 Å². The van der Waals surface area contributed by atoms with Crippen molar-refractivity contribution >= 4 is 17.6 Å². The van der Waals surface area contributed by atoms with Crippen LogP contribution in [0.25, 0.3) is 0 Å². The van der Waals surface area contributed by atoms with Crippen molar-refractivity contribution in [3.05, 3.63) is 36.0 Å². The minimum absolute atomic E-state index is 0.411. The van der Waals surface area contributed by atoms with Crippen LogP contribution in [0.5, 0.6) is 0 Å². The molecule has 0 spiro atoms. The number of piperidine rings is 1. The van der Waals surface area contributed by atoms with Gasteiger partial charge in [-0.3, -0.25) is 4.52 Å². The minimum Gasteiger partial charge on any atom is -0.362 e. The van der Waals surface area contributed by atoms with Crippen LogP contribution in [0, 0.1) is 0 Å². The van der Waals surface area contributed by atoms with Gasteiger partial charge in [-0.15, -0.1) is 16.8 Å². The average molecular weight is 319 g/mol. The van der Waals surface area contributed by atoms with Gasteiger partial charge in [0.1, 0.15) is 0 Å². The lowest BCUT2D eigenvalue weighted by Gasteiger charge is -2.32. The zero-order chi connectivity index (χ0) is 15.5. The number of benzene rings is 1. The Bertz CT molecular complexity index is 606. The summed E-state index contributed by atoms with van der Waals surface area (Å²) < 4.78 is 5.27. The van der Waals surface area contributed by atoms with E-state index in [0.29, 0.717) is 18.0 Å². The fourth-order valence-corrected chi connectivity index (χ4v) is 3.95. The predicted octanol–water partition coefficient (Wildman–Crippen LogP) is 2.74. The van der Waals surface area contributed by atoms with E-state index in [-0.39, 0.29) is 0 Å². The molecule has 2 aromatic rings. The second kappa shape index (κ2) is 6.60. The molecule has 6 heteroatoms. The van der Waals surface area contributed by atoms with E-state index in [0.717, 1.165) is 11.4 Å². The molecule has 5 nitrogen and oxygen atoms in total. The van der Waals surface area contributed by atoms with E-state index in [1.807, 2.05) is 23.0 Å². The number of nitrogens with zero attached hydrogens (tertiary/aromatic N) is 3. The number of rotatable bonds is 4. The van der Waals surface area contributed by atoms with Crippen molar-refractivity contribution in [1.82, 2.24) is 5.27 Å². The standard InChI is InChI=1S/C16H23N4OS/c1-12-7-6-8-13(2)19(12)20-15(16(17)21-18-20)11-22-14-9-4-3-5-10-14/h3-5,9-10,12-13H,6-8,11,17H2,1-2H3/q+1. The van der Waals surface area contributed by atoms with Gasteiger partial charge in [-0.2, -0.15) is 0 Å². The van der Waals surface area contributed by atoms with Crippen molar-refractivity contribution in [1.29, 1.82) is 0 Å². The van der Waals surface area contributed by atoms with Crippen LogP contribution in [0.3, 0.4) is 0 Å². The first kappa shape index (κ1) is 15.2. The van der Waals surface area contributed by atoms with E-state index in [2.05, 4.69) is 36.3 Å². The summed E-state index contributed by atoms with van der Waals surface area (Å²) in [5.74, 6) is 1.16. The van der Waals surface area contributed by atoms with Gasteiger partial charge in [-0.05, 0) is 45.2 Å². The summed E-state index contributed by atoms with van der Waals surface area (Å²) in [5, 5.41) is 6.48. The summed E-state index contributed by atoms with van der Waals surface area (Å²) in [7, 11) is 0. The third-order valence-electron chi connectivity index (χ3n) is 4.23. The third-order valence-corrected chi connectivity index (χ3v) is 5.25. The molecule has 1 aromatic carbocycles. The van der Waals surface area contributed by atoms with Gasteiger partial charge in [-0.1, -0.05) is 18.2 Å². The molecule has 0 saturated carbocycles. The first-order valence-electron chi connectivity index (χ1n) is 7.79. The Morgan fingerprint density at radius 2 is 1.95 bits per heavy atom. The first-order valence-corrected chi connectivity index (χ1v) is 8.78. The summed E-state index contributed by atoms with van der Waals surface area (Å²) in [6, 6.07) is 11.2. The minimum atomic E-state index is 0.411. The molecule has 1 aliphatic rings. The topological polar surface area (TPSA) is 59.2 Å². The maximum absolute atomic E-state index is 6.01. The van der Waals surface area contributed by atoms with Gasteiger partial charge in [0, 0.05) is 4.90 Å². The van der Waals surface area contributed by atoms with Crippen LogP contribution in [-0.4, -0.2) is 17.4 Å². The van der Waals surface area contributed by atoms with E-state index in [1.165, 1.54) is 24.2 Å². The van der Waals surface area contributed by atoms with Crippen LogP contribution in [-0.2, 0) is 5.75 Å². The number of aromatic nitrogens is 2. The van der Waals surface area contributed by atoms with Gasteiger partial charge in [0.2, 0.25) is 5.27 Å². The average Bonchev–Trinajstić information content (AvgIpc) is 2.87. The lowest BCUT2D eigenvalue weighted by Crippen LogP contribution is -2.69. The normalized spacial score (nSPS) is 22.0. The van der Waals surface area contributed by atoms with E-state index in [4.69, 9.17) is 10.3 Å². The van der Waals surface area contributed by atoms with Gasteiger partial charge in [0.25, 0.3) is 0 Å². The van der Waals surface area contributed by atoms with Crippen LogP contribution in [0.15, 0.2) is 39.8 Å². The number of nitrogen functional groups attached to an aromatic ring is 1. The molecule has 1 aromatic heterocycles. The Hall–Kier alpha value is -1.69. The van der Waals surface area contributed by atoms with E-state index >= 15 is 0 Å². The van der Waals surface area contributed by atoms with E-state index < -0.39 is 0 Å². The molecule has 0 aliphatic carbocycles. The van der Waals surface area contributed by atoms with Crippen molar-refractivity contribution in [2.24, 2.45) is 0 Å². The predicted molar refractivity (Wildman–Crippen MR) is 88.1 cm³/mol. The molecule has 2 unspecified atom stereocenters. The fourth-order valence-electron chi connectivity index (χ4n) is 3.04. The third kappa shape index (κ3) is 3.06. The van der Waals surface area contributed by atoms with Crippen LogP contribution >= 0.6 is 11.8 Å². The molecule has 1 saturated heterocycles. The van der Waals surface area contributed by atoms with Gasteiger partial charge >= 0.3 is 11.6 Å². The van der Waals surface area contributed by atoms with Crippen molar-refractivity contribution in [3.63, 3.8) is 0 Å². The number of hydrogen-bond donors (Lipinski definition) is 1. The molecule has 2 atom stereocenters. The Balaban J connectivity index is 1.81. The van der Waals surface area contributed by atoms with Crippen LogP contribution in [0.1, 0.15) is 38.8 Å². The number of nitrogens with two attached hydrogens (primary N) is 1. The lowest BCUT2D eigenvalue weighted by molar-refractivity contribution is -0.771. The molecule has 118 valence electrons. The quantitative estimate of drug-likeness (QED) is 0.693. The van der Waals surface area contributed by atoms with Gasteiger partial charge in [-0.25, -0.2) is 0 Å². The molecule has 2 N–H and O–H groups in total. The van der Waals surface area contributed by atoms with Crippen LogP contribution < -0.4 is 15.5 Å². The highest BCUT2D eigenvalue weighted by molar-refractivity contribution is 7.98. The highest BCUT2D eigenvalue weighted by Crippen LogP contribution is 2.25. The first-order chi connectivity index (χ1) is 10.7. The molecule has 1 fully saturated rings. The fraction of sp³-hybridized carbons (Fsp3) is 0.500. The monoisotopic (exact) mass is 319 g/mol. The Morgan fingerprint density at radius 3 is 2.64 bits per heavy atom. The molecule has 0 bridgehead atoms. The lowest BCUT2D eigenvalue weighted by atomic mass is 10.00. The largest absolute Gasteiger partial charge is 0.362 e. The summed E-state index contributed by atoms with van der Waals surface area (Å²) in [4.78, 5) is 3.11. The highest BCUT2D eigenvalue weighted by Gasteiger charge is 2.37. The van der Waals surface area contributed by atoms with Crippen molar-refractivity contribution in [2.75, 3.05) is 10.7 Å². The maximum atomic E-state index is 6.01. The zero-order valence-corrected chi connectivity index (χ0v) is 13.9. The van der Waals surface area contributed by atoms with Crippen molar-refractivity contribution in [2.45, 2.75) is 55.8 Å². The van der Waals surface area contributed by atoms with Crippen LogP contribution in [0.2, 0.25) is 0 Å². The second-order valence-electron chi connectivity index (χ2n) is 5.88. The highest BCUT2D eigenvalue weighted by atomic mass is 32.2. The molecular formula is C16H23N4OS+. The van der Waals surface area contributed by atoms with Gasteiger partial charge < -0.3 is 5.73 Å². The Morgan fingerprint density at radius 1 is 1.27 bits per heavy atom. The maximum Gasteiger partial charge on any atom is 0.318 e. The summed E-state index contributed by atoms with van der Waals surface area (Å²) in [6.45, 7) is 4.48. The Labute approximate surface area is 135 Å². The van der Waals surface area contributed by atoms with Gasteiger partial charge in [0.15, 0.2) is 0 Å². The smallest absolute Gasteiger partial charge is 0.318 e. The summed E-state index contributed by atoms with van der Waals surface area (Å²) in [6.07, 6.45) is 3.62. The molecule has 3 rings (SSSR count). The Kier molecular flexibility index (Phi) is 4.57. The van der Waals surface area contributed by atoms with E-state index in [9.17, 15) is 0 Å². The SMILES string of the molecule is CC1CCCC(C)N1[n+]1noc(N)c1CSc1ccccc1. The molecule has 2 heterocycles. The summed E-state index contributed by atoms with van der Waals surface area (Å²) in [5.41, 5.74) is 6.95. The molecular weight excluding hydrogens is 296 g/mol. The molecule has 22 heavy (non-hydrogen) atoms. The molecule has 0 radical (unpaired) electrons. The number of anilines is 1. The van der Waals surface area contributed by atoms with Gasteiger partial charge in [0.05, 0.1) is 22.6 Å². The molecule has 0 amide bonds.